The molecule has 0 radical (unpaired) electrons. The predicted octanol–water partition coefficient (Wildman–Crippen LogP) is 3.52. The van der Waals surface area contributed by atoms with Crippen molar-refractivity contribution < 1.29 is 0 Å². The summed E-state index contributed by atoms with van der Waals surface area (Å²) in [6.45, 7) is 15.6. The molecule has 0 spiro atoms. The topological polar surface area (TPSA) is 15.3 Å². The van der Waals surface area contributed by atoms with Gasteiger partial charge in [0, 0.05) is 12.1 Å². The molecule has 0 amide bonds. The summed E-state index contributed by atoms with van der Waals surface area (Å²) in [5.74, 6) is 1.84. The van der Waals surface area contributed by atoms with Gasteiger partial charge in [-0.3, -0.25) is 0 Å². The summed E-state index contributed by atoms with van der Waals surface area (Å²) >= 11 is 0. The van der Waals surface area contributed by atoms with E-state index in [1.54, 1.807) is 0 Å². The first kappa shape index (κ1) is 15.3. The average Bonchev–Trinajstić information content (AvgIpc) is 2.26. The van der Waals surface area contributed by atoms with Gasteiger partial charge >= 0.3 is 0 Å². The van der Waals surface area contributed by atoms with Gasteiger partial charge in [-0.2, -0.15) is 0 Å². The molecule has 0 aromatic carbocycles. The van der Waals surface area contributed by atoms with Gasteiger partial charge in [-0.1, -0.05) is 34.6 Å². The fraction of sp³-hybridized carbons (Fsp3) is 1.00. The molecule has 19 heavy (non-hydrogen) atoms. The maximum absolute atomic E-state index is 3.62. The van der Waals surface area contributed by atoms with E-state index in [2.05, 4.69) is 44.8 Å². The van der Waals surface area contributed by atoms with E-state index in [4.69, 9.17) is 0 Å². The molecule has 2 aliphatic rings. The summed E-state index contributed by atoms with van der Waals surface area (Å²) in [5.41, 5.74) is 0.504. The summed E-state index contributed by atoms with van der Waals surface area (Å²) < 4.78 is 0. The Hall–Kier alpha value is -0.0800. The molecule has 2 rings (SSSR count). The number of hydrogen-bond acceptors (Lipinski definition) is 2. The minimum absolute atomic E-state index is 0.504. The maximum Gasteiger partial charge on any atom is 0.0136 e. The number of likely N-dealkylation sites (tertiary alicyclic amines) is 1. The molecule has 2 atom stereocenters. The number of hydrogen-bond donors (Lipinski definition) is 1. The van der Waals surface area contributed by atoms with E-state index in [0.29, 0.717) is 11.5 Å². The first-order valence-electron chi connectivity index (χ1n) is 8.35. The quantitative estimate of drug-likeness (QED) is 0.837. The van der Waals surface area contributed by atoms with Gasteiger partial charge in [-0.15, -0.1) is 0 Å². The second-order valence-corrected chi connectivity index (χ2v) is 8.14. The van der Waals surface area contributed by atoms with Gasteiger partial charge in [0.05, 0.1) is 0 Å². The highest BCUT2D eigenvalue weighted by atomic mass is 15.2. The van der Waals surface area contributed by atoms with Crippen LogP contribution in [-0.4, -0.2) is 36.6 Å². The standard InChI is InChI=1S/C17H34N2/c1-13(2)18-12-14-6-7-16(14)19-10-8-15(9-11-19)17(3,4)5/h13-16,18H,6-12H2,1-5H3. The van der Waals surface area contributed by atoms with Crippen molar-refractivity contribution in [2.45, 2.75) is 72.4 Å². The van der Waals surface area contributed by atoms with E-state index in [-0.39, 0.29) is 0 Å². The molecule has 2 fully saturated rings. The number of nitrogens with zero attached hydrogens (tertiary/aromatic N) is 1. The molecule has 0 aromatic rings. The lowest BCUT2D eigenvalue weighted by atomic mass is 9.73. The molecule has 1 aliphatic heterocycles. The summed E-state index contributed by atoms with van der Waals surface area (Å²) in [5, 5.41) is 3.62. The molecular formula is C17H34N2. The minimum atomic E-state index is 0.504. The second kappa shape index (κ2) is 6.13. The zero-order chi connectivity index (χ0) is 14.0. The van der Waals surface area contributed by atoms with Crippen molar-refractivity contribution in [2.75, 3.05) is 19.6 Å². The minimum Gasteiger partial charge on any atom is -0.314 e. The summed E-state index contributed by atoms with van der Waals surface area (Å²) in [4.78, 5) is 2.79. The van der Waals surface area contributed by atoms with E-state index in [9.17, 15) is 0 Å². The van der Waals surface area contributed by atoms with Crippen LogP contribution in [0.3, 0.4) is 0 Å². The molecule has 2 unspecified atom stereocenters. The number of rotatable bonds is 4. The van der Waals surface area contributed by atoms with Crippen LogP contribution in [-0.2, 0) is 0 Å². The van der Waals surface area contributed by atoms with E-state index in [1.807, 2.05) is 0 Å². The van der Waals surface area contributed by atoms with Crippen LogP contribution in [0.4, 0.5) is 0 Å². The Kier molecular flexibility index (Phi) is 4.94. The Morgan fingerprint density at radius 1 is 1.05 bits per heavy atom. The Morgan fingerprint density at radius 3 is 2.11 bits per heavy atom. The van der Waals surface area contributed by atoms with Gasteiger partial charge in [0.25, 0.3) is 0 Å². The SMILES string of the molecule is CC(C)NCC1CCC1N1CCC(C(C)(C)C)CC1. The second-order valence-electron chi connectivity index (χ2n) is 8.14. The van der Waals surface area contributed by atoms with Crippen molar-refractivity contribution in [3.8, 4) is 0 Å². The average molecular weight is 266 g/mol. The van der Waals surface area contributed by atoms with Crippen molar-refractivity contribution >= 4 is 0 Å². The Labute approximate surface area is 120 Å². The highest BCUT2D eigenvalue weighted by molar-refractivity contribution is 4.93. The van der Waals surface area contributed by atoms with Crippen molar-refractivity contribution in [3.63, 3.8) is 0 Å². The zero-order valence-corrected chi connectivity index (χ0v) is 13.7. The zero-order valence-electron chi connectivity index (χ0n) is 13.7. The predicted molar refractivity (Wildman–Crippen MR) is 83.4 cm³/mol. The Bertz CT molecular complexity index is 271. The summed E-state index contributed by atoms with van der Waals surface area (Å²) in [6.07, 6.45) is 5.68. The van der Waals surface area contributed by atoms with Gasteiger partial charge in [0.1, 0.15) is 0 Å². The molecule has 0 aromatic heterocycles. The van der Waals surface area contributed by atoms with Gasteiger partial charge in [0.15, 0.2) is 0 Å². The van der Waals surface area contributed by atoms with Gasteiger partial charge < -0.3 is 10.2 Å². The smallest absolute Gasteiger partial charge is 0.0136 e. The van der Waals surface area contributed by atoms with E-state index in [1.165, 1.54) is 45.3 Å². The van der Waals surface area contributed by atoms with Crippen LogP contribution in [0.2, 0.25) is 0 Å². The monoisotopic (exact) mass is 266 g/mol. The summed E-state index contributed by atoms with van der Waals surface area (Å²) in [6, 6.07) is 1.51. The first-order chi connectivity index (χ1) is 8.88. The van der Waals surface area contributed by atoms with Crippen LogP contribution in [0.15, 0.2) is 0 Å². The van der Waals surface area contributed by atoms with Gasteiger partial charge in [-0.05, 0) is 62.6 Å². The highest BCUT2D eigenvalue weighted by Gasteiger charge is 2.38. The van der Waals surface area contributed by atoms with Crippen molar-refractivity contribution in [1.29, 1.82) is 0 Å². The molecular weight excluding hydrogens is 232 g/mol. The van der Waals surface area contributed by atoms with Crippen LogP contribution in [0, 0.1) is 17.3 Å². The third-order valence-corrected chi connectivity index (χ3v) is 5.39. The lowest BCUT2D eigenvalue weighted by Gasteiger charge is -2.49. The molecule has 1 aliphatic carbocycles. The highest BCUT2D eigenvalue weighted by Crippen LogP contribution is 2.38. The van der Waals surface area contributed by atoms with E-state index >= 15 is 0 Å². The normalized spacial score (nSPS) is 30.6. The lowest BCUT2D eigenvalue weighted by Crippen LogP contribution is -2.54. The fourth-order valence-electron chi connectivity index (χ4n) is 3.75. The molecule has 1 N–H and O–H groups in total. The van der Waals surface area contributed by atoms with Crippen molar-refractivity contribution in [3.05, 3.63) is 0 Å². The molecule has 0 bridgehead atoms. The Balaban J connectivity index is 1.75. The molecule has 2 nitrogen and oxygen atoms in total. The number of piperidine rings is 1. The third-order valence-electron chi connectivity index (χ3n) is 5.39. The fourth-order valence-corrected chi connectivity index (χ4v) is 3.75. The molecule has 2 heteroatoms. The third kappa shape index (κ3) is 3.95. The van der Waals surface area contributed by atoms with Crippen LogP contribution in [0.5, 0.6) is 0 Å². The lowest BCUT2D eigenvalue weighted by molar-refractivity contribution is 0.0157. The van der Waals surface area contributed by atoms with Crippen molar-refractivity contribution in [2.24, 2.45) is 17.3 Å². The van der Waals surface area contributed by atoms with Crippen LogP contribution < -0.4 is 5.32 Å². The van der Waals surface area contributed by atoms with E-state index < -0.39 is 0 Å². The van der Waals surface area contributed by atoms with Crippen LogP contribution in [0.25, 0.3) is 0 Å². The molecule has 1 heterocycles. The van der Waals surface area contributed by atoms with Crippen molar-refractivity contribution in [1.82, 2.24) is 10.2 Å². The maximum atomic E-state index is 3.62. The molecule has 1 saturated heterocycles. The summed E-state index contributed by atoms with van der Waals surface area (Å²) in [7, 11) is 0. The largest absolute Gasteiger partial charge is 0.314 e. The van der Waals surface area contributed by atoms with Gasteiger partial charge in [-0.25, -0.2) is 0 Å². The van der Waals surface area contributed by atoms with E-state index in [0.717, 1.165) is 17.9 Å². The first-order valence-corrected chi connectivity index (χ1v) is 8.35. The van der Waals surface area contributed by atoms with Gasteiger partial charge in [0.2, 0.25) is 0 Å². The molecule has 1 saturated carbocycles. The number of nitrogens with one attached hydrogen (secondary N) is 1. The Morgan fingerprint density at radius 2 is 1.68 bits per heavy atom. The van der Waals surface area contributed by atoms with Crippen LogP contribution >= 0.6 is 0 Å². The van der Waals surface area contributed by atoms with Crippen LogP contribution in [0.1, 0.15) is 60.3 Å². The molecule has 112 valence electrons.